The molecule has 1 heterocycles. The second-order valence-electron chi connectivity index (χ2n) is 5.20. The van der Waals surface area contributed by atoms with Gasteiger partial charge in [0.2, 0.25) is 0 Å². The molecule has 2 aromatic carbocycles. The van der Waals surface area contributed by atoms with Crippen molar-refractivity contribution in [2.45, 2.75) is 6.92 Å². The second-order valence-corrected chi connectivity index (χ2v) is 6.93. The zero-order valence-corrected chi connectivity index (χ0v) is 15.5. The summed E-state index contributed by atoms with van der Waals surface area (Å²) in [6.45, 7) is 1.86. The minimum absolute atomic E-state index is 0.0370. The molecule has 0 atom stereocenters. The molecule has 0 radical (unpaired) electrons. The number of imide groups is 1. The molecule has 1 aliphatic heterocycles. The number of hydrogen-bond donors (Lipinski definition) is 1. The molecular weight excluding hydrogens is 415 g/mol. The van der Waals surface area contributed by atoms with Crippen molar-refractivity contribution in [1.29, 1.82) is 0 Å². The maximum absolute atomic E-state index is 12.7. The van der Waals surface area contributed by atoms with Crippen molar-refractivity contribution in [2.24, 2.45) is 0 Å². The highest BCUT2D eigenvalue weighted by molar-refractivity contribution is 9.10. The number of amides is 2. The Kier molecular flexibility index (Phi) is 4.67. The van der Waals surface area contributed by atoms with Gasteiger partial charge in [-0.25, -0.2) is 4.90 Å². The van der Waals surface area contributed by atoms with Gasteiger partial charge in [-0.15, -0.1) is 0 Å². The Bertz CT molecular complexity index is 879. The monoisotopic (exact) mass is 424 g/mol. The number of rotatable bonds is 3. The molecule has 0 fully saturated rings. The highest BCUT2D eigenvalue weighted by Gasteiger charge is 2.39. The topological polar surface area (TPSA) is 49.4 Å². The van der Waals surface area contributed by atoms with Gasteiger partial charge in [-0.05, 0) is 48.9 Å². The summed E-state index contributed by atoms with van der Waals surface area (Å²) in [5, 5.41) is 3.30. The average molecular weight is 426 g/mol. The highest BCUT2D eigenvalue weighted by Crippen LogP contribution is 2.32. The van der Waals surface area contributed by atoms with E-state index in [0.717, 1.165) is 14.9 Å². The second kappa shape index (κ2) is 6.59. The minimum atomic E-state index is -0.564. The number of anilines is 2. The molecule has 3 rings (SSSR count). The van der Waals surface area contributed by atoms with Crippen LogP contribution < -0.4 is 10.2 Å². The number of carbonyl (C=O) groups excluding carboxylic acids is 2. The molecule has 0 saturated heterocycles. The number of nitrogens with zero attached hydrogens (tertiary/aromatic N) is 1. The van der Waals surface area contributed by atoms with Crippen LogP contribution >= 0.6 is 39.1 Å². The summed E-state index contributed by atoms with van der Waals surface area (Å²) >= 11 is 15.4. The van der Waals surface area contributed by atoms with Crippen LogP contribution in [0.5, 0.6) is 0 Å². The molecule has 0 saturated carbocycles. The van der Waals surface area contributed by atoms with Crippen LogP contribution in [0.4, 0.5) is 11.4 Å². The number of nitrogens with one attached hydrogen (secondary N) is 1. The molecule has 2 aromatic rings. The van der Waals surface area contributed by atoms with Crippen molar-refractivity contribution in [1.82, 2.24) is 0 Å². The van der Waals surface area contributed by atoms with Gasteiger partial charge in [-0.2, -0.15) is 0 Å². The largest absolute Gasteiger partial charge is 0.349 e. The molecular formula is C17H11BrCl2N2O2. The van der Waals surface area contributed by atoms with Crippen LogP contribution in [-0.2, 0) is 9.59 Å². The van der Waals surface area contributed by atoms with E-state index in [0.29, 0.717) is 16.4 Å². The number of carbonyl (C=O) groups is 2. The Balaban J connectivity index is 1.94. The normalized spacial score (nSPS) is 14.6. The van der Waals surface area contributed by atoms with Crippen LogP contribution in [0.3, 0.4) is 0 Å². The lowest BCUT2D eigenvalue weighted by Gasteiger charge is -2.15. The summed E-state index contributed by atoms with van der Waals surface area (Å²) in [5.41, 5.74) is 1.98. The van der Waals surface area contributed by atoms with Gasteiger partial charge in [0.05, 0.1) is 5.69 Å². The molecule has 1 N–H and O–H groups in total. The van der Waals surface area contributed by atoms with Gasteiger partial charge in [-0.1, -0.05) is 45.2 Å². The van der Waals surface area contributed by atoms with Gasteiger partial charge in [0.25, 0.3) is 11.8 Å². The van der Waals surface area contributed by atoms with Crippen molar-refractivity contribution in [3.63, 3.8) is 0 Å². The van der Waals surface area contributed by atoms with E-state index in [9.17, 15) is 9.59 Å². The van der Waals surface area contributed by atoms with Gasteiger partial charge < -0.3 is 5.32 Å². The van der Waals surface area contributed by atoms with E-state index in [2.05, 4.69) is 21.2 Å². The Morgan fingerprint density at radius 2 is 1.67 bits per heavy atom. The number of hydrogen-bond acceptors (Lipinski definition) is 3. The Labute approximate surface area is 157 Å². The maximum atomic E-state index is 12.7. The van der Waals surface area contributed by atoms with Gasteiger partial charge in [0.15, 0.2) is 0 Å². The molecule has 0 spiro atoms. The highest BCUT2D eigenvalue weighted by atomic mass is 79.9. The number of aryl methyl sites for hydroxylation is 1. The molecule has 2 amide bonds. The minimum Gasteiger partial charge on any atom is -0.349 e. The predicted molar refractivity (Wildman–Crippen MR) is 99.3 cm³/mol. The Hall–Kier alpha value is -1.82. The van der Waals surface area contributed by atoms with Crippen LogP contribution in [0, 0.1) is 6.92 Å². The van der Waals surface area contributed by atoms with Crippen molar-refractivity contribution in [3.8, 4) is 0 Å². The molecule has 7 heteroatoms. The van der Waals surface area contributed by atoms with Crippen LogP contribution in [0.2, 0.25) is 5.02 Å². The number of benzene rings is 2. The molecule has 122 valence electrons. The first kappa shape index (κ1) is 17.0. The van der Waals surface area contributed by atoms with E-state index < -0.39 is 11.8 Å². The van der Waals surface area contributed by atoms with Gasteiger partial charge >= 0.3 is 0 Å². The third-order valence-corrected chi connectivity index (χ3v) is 4.69. The zero-order chi connectivity index (χ0) is 17.4. The summed E-state index contributed by atoms with van der Waals surface area (Å²) in [7, 11) is 0. The summed E-state index contributed by atoms with van der Waals surface area (Å²) in [6.07, 6.45) is 0. The van der Waals surface area contributed by atoms with Crippen molar-refractivity contribution < 1.29 is 9.59 Å². The molecule has 24 heavy (non-hydrogen) atoms. The lowest BCUT2D eigenvalue weighted by Crippen LogP contribution is -2.32. The summed E-state index contributed by atoms with van der Waals surface area (Å²) in [5.74, 6) is -1.07. The van der Waals surface area contributed by atoms with Crippen LogP contribution in [0.1, 0.15) is 5.56 Å². The first-order valence-electron chi connectivity index (χ1n) is 6.96. The molecule has 0 bridgehead atoms. The fraction of sp³-hybridized carbons (Fsp3) is 0.0588. The Morgan fingerprint density at radius 1 is 1.00 bits per heavy atom. The van der Waals surface area contributed by atoms with E-state index >= 15 is 0 Å². The van der Waals surface area contributed by atoms with Crippen molar-refractivity contribution in [3.05, 3.63) is 68.3 Å². The maximum Gasteiger partial charge on any atom is 0.283 e. The standard InChI is InChI=1S/C17H11BrCl2N2O2/c1-9-2-5-11(19)8-13(9)21-15-14(20)16(23)22(17(15)24)12-6-3-10(18)4-7-12/h2-8,21H,1H3. The third kappa shape index (κ3) is 3.07. The summed E-state index contributed by atoms with van der Waals surface area (Å²) < 4.78 is 0.845. The molecule has 0 aromatic heterocycles. The van der Waals surface area contributed by atoms with Crippen LogP contribution in [0.25, 0.3) is 0 Å². The van der Waals surface area contributed by atoms with Crippen LogP contribution in [0.15, 0.2) is 57.7 Å². The lowest BCUT2D eigenvalue weighted by atomic mass is 10.2. The van der Waals surface area contributed by atoms with E-state index in [1.54, 1.807) is 36.4 Å². The van der Waals surface area contributed by atoms with Crippen molar-refractivity contribution in [2.75, 3.05) is 10.2 Å². The lowest BCUT2D eigenvalue weighted by molar-refractivity contribution is -0.120. The smallest absolute Gasteiger partial charge is 0.283 e. The van der Waals surface area contributed by atoms with Crippen LogP contribution in [-0.4, -0.2) is 11.8 Å². The van der Waals surface area contributed by atoms with Crippen molar-refractivity contribution >= 4 is 62.3 Å². The molecule has 0 aliphatic carbocycles. The molecule has 0 unspecified atom stereocenters. The summed E-state index contributed by atoms with van der Waals surface area (Å²) in [4.78, 5) is 26.1. The van der Waals surface area contributed by atoms with E-state index in [-0.39, 0.29) is 10.7 Å². The molecule has 4 nitrogen and oxygen atoms in total. The zero-order valence-electron chi connectivity index (χ0n) is 12.4. The SMILES string of the molecule is Cc1ccc(Cl)cc1NC1=C(Cl)C(=O)N(c2ccc(Br)cc2)C1=O. The number of halogens is 3. The van der Waals surface area contributed by atoms with Gasteiger partial charge in [0, 0.05) is 15.2 Å². The summed E-state index contributed by atoms with van der Waals surface area (Å²) in [6, 6.07) is 12.1. The van der Waals surface area contributed by atoms with E-state index in [1.165, 1.54) is 0 Å². The first-order chi connectivity index (χ1) is 11.4. The fourth-order valence-corrected chi connectivity index (χ4v) is 2.95. The average Bonchev–Trinajstić information content (AvgIpc) is 2.76. The van der Waals surface area contributed by atoms with E-state index in [4.69, 9.17) is 23.2 Å². The van der Waals surface area contributed by atoms with Gasteiger partial charge in [-0.3, -0.25) is 9.59 Å². The first-order valence-corrected chi connectivity index (χ1v) is 8.50. The van der Waals surface area contributed by atoms with Gasteiger partial charge in [0.1, 0.15) is 10.7 Å². The molecule has 1 aliphatic rings. The quantitative estimate of drug-likeness (QED) is 0.715. The predicted octanol–water partition coefficient (Wildman–Crippen LogP) is 4.85. The fourth-order valence-electron chi connectivity index (χ4n) is 2.30. The van der Waals surface area contributed by atoms with E-state index in [1.807, 2.05) is 13.0 Å². The third-order valence-electron chi connectivity index (χ3n) is 3.57. The Morgan fingerprint density at radius 3 is 2.33 bits per heavy atom.